The lowest BCUT2D eigenvalue weighted by Crippen LogP contribution is -2.49. The molecule has 3 nitrogen and oxygen atoms in total. The first-order valence-electron chi connectivity index (χ1n) is 5.94. The van der Waals surface area contributed by atoms with Crippen molar-refractivity contribution in [3.63, 3.8) is 0 Å². The summed E-state index contributed by atoms with van der Waals surface area (Å²) in [6.45, 7) is 0.955. The van der Waals surface area contributed by atoms with Crippen LogP contribution in [0.3, 0.4) is 0 Å². The van der Waals surface area contributed by atoms with E-state index in [-0.39, 0.29) is 0 Å². The number of alkyl halides is 3. The van der Waals surface area contributed by atoms with Gasteiger partial charge in [0.05, 0.1) is 17.3 Å². The Morgan fingerprint density at radius 2 is 1.79 bits per heavy atom. The Morgan fingerprint density at radius 1 is 1.16 bits per heavy atom. The Bertz CT molecular complexity index is 442. The van der Waals surface area contributed by atoms with E-state index in [9.17, 15) is 13.2 Å². The second-order valence-electron chi connectivity index (χ2n) is 4.59. The van der Waals surface area contributed by atoms with Gasteiger partial charge in [-0.3, -0.25) is 4.90 Å². The van der Waals surface area contributed by atoms with E-state index in [2.05, 4.69) is 0 Å². The van der Waals surface area contributed by atoms with Crippen LogP contribution in [0.5, 0.6) is 0 Å². The normalized spacial score (nSPS) is 17.8. The molecule has 1 fully saturated rings. The first-order valence-corrected chi connectivity index (χ1v) is 6.32. The minimum absolute atomic E-state index is 0.375. The van der Waals surface area contributed by atoms with Crippen LogP contribution in [0.1, 0.15) is 0 Å². The lowest BCUT2D eigenvalue weighted by Gasteiger charge is -2.36. The molecule has 7 heteroatoms. The highest BCUT2D eigenvalue weighted by Crippen LogP contribution is 2.29. The summed E-state index contributed by atoms with van der Waals surface area (Å²) in [5.41, 5.74) is 7.01. The van der Waals surface area contributed by atoms with Gasteiger partial charge in [-0.05, 0) is 18.2 Å². The van der Waals surface area contributed by atoms with E-state index in [0.717, 1.165) is 5.69 Å². The number of hydrogen-bond acceptors (Lipinski definition) is 3. The highest BCUT2D eigenvalue weighted by atomic mass is 35.5. The molecule has 0 atom stereocenters. The summed E-state index contributed by atoms with van der Waals surface area (Å²) < 4.78 is 36.8. The maximum atomic E-state index is 12.3. The quantitative estimate of drug-likeness (QED) is 0.851. The molecule has 0 aliphatic carbocycles. The van der Waals surface area contributed by atoms with Gasteiger partial charge in [0.25, 0.3) is 0 Å². The Hall–Kier alpha value is -1.14. The van der Waals surface area contributed by atoms with E-state index < -0.39 is 12.7 Å². The molecule has 2 N–H and O–H groups in total. The lowest BCUT2D eigenvalue weighted by molar-refractivity contribution is -0.146. The van der Waals surface area contributed by atoms with Crippen molar-refractivity contribution in [3.8, 4) is 0 Å². The third kappa shape index (κ3) is 3.91. The number of halogens is 4. The minimum atomic E-state index is -4.14. The average molecular weight is 294 g/mol. The predicted molar refractivity (Wildman–Crippen MR) is 70.6 cm³/mol. The number of nitrogen functional groups attached to an aromatic ring is 1. The van der Waals surface area contributed by atoms with Crippen molar-refractivity contribution in [2.45, 2.75) is 6.18 Å². The molecule has 1 aliphatic heterocycles. The molecule has 2 rings (SSSR count). The molecule has 0 spiro atoms. The molecule has 0 saturated carbocycles. The fourth-order valence-corrected chi connectivity index (χ4v) is 2.49. The van der Waals surface area contributed by atoms with Crippen LogP contribution in [0.2, 0.25) is 5.02 Å². The fraction of sp³-hybridized carbons (Fsp3) is 0.500. The molecule has 1 aromatic carbocycles. The van der Waals surface area contributed by atoms with Crippen LogP contribution in [-0.2, 0) is 0 Å². The number of nitrogens with zero attached hydrogens (tertiary/aromatic N) is 2. The van der Waals surface area contributed by atoms with Crippen LogP contribution >= 0.6 is 11.6 Å². The monoisotopic (exact) mass is 293 g/mol. The largest absolute Gasteiger partial charge is 0.401 e. The highest BCUT2D eigenvalue weighted by molar-refractivity contribution is 6.33. The van der Waals surface area contributed by atoms with Crippen molar-refractivity contribution in [2.75, 3.05) is 43.4 Å². The smallest absolute Gasteiger partial charge is 0.399 e. The summed E-state index contributed by atoms with van der Waals surface area (Å²) in [6.07, 6.45) is -4.14. The van der Waals surface area contributed by atoms with Crippen molar-refractivity contribution >= 4 is 23.0 Å². The number of hydrogen-bond donors (Lipinski definition) is 1. The highest BCUT2D eigenvalue weighted by Gasteiger charge is 2.32. The van der Waals surface area contributed by atoms with Gasteiger partial charge in [-0.15, -0.1) is 0 Å². The molecule has 106 valence electrons. The third-order valence-electron chi connectivity index (χ3n) is 3.09. The standard InChI is InChI=1S/C12H15ClF3N3/c13-10-7-9(17)1-2-11(10)19-5-3-18(4-6-19)8-12(14,15)16/h1-2,7H,3-6,8,17H2. The second kappa shape index (κ2) is 5.46. The summed E-state index contributed by atoms with van der Waals surface area (Å²) in [6, 6.07) is 5.19. The van der Waals surface area contributed by atoms with Crippen LogP contribution in [0.4, 0.5) is 24.5 Å². The van der Waals surface area contributed by atoms with E-state index >= 15 is 0 Å². The Kier molecular flexibility index (Phi) is 4.10. The maximum absolute atomic E-state index is 12.3. The molecule has 0 aromatic heterocycles. The van der Waals surface area contributed by atoms with Gasteiger partial charge >= 0.3 is 6.18 Å². The topological polar surface area (TPSA) is 32.5 Å². The van der Waals surface area contributed by atoms with Crippen molar-refractivity contribution < 1.29 is 13.2 Å². The van der Waals surface area contributed by atoms with Crippen molar-refractivity contribution in [1.29, 1.82) is 0 Å². The van der Waals surface area contributed by atoms with Crippen LogP contribution in [-0.4, -0.2) is 43.8 Å². The predicted octanol–water partition coefficient (Wildman–Crippen LogP) is 2.61. The zero-order valence-electron chi connectivity index (χ0n) is 10.3. The van der Waals surface area contributed by atoms with Gasteiger partial charge in [-0.1, -0.05) is 11.6 Å². The summed E-state index contributed by atoms with van der Waals surface area (Å²) >= 11 is 6.09. The molecular formula is C12H15ClF3N3. The average Bonchev–Trinajstić information content (AvgIpc) is 2.28. The van der Waals surface area contributed by atoms with Crippen molar-refractivity contribution in [1.82, 2.24) is 4.90 Å². The van der Waals surface area contributed by atoms with Gasteiger partial charge in [-0.25, -0.2) is 0 Å². The summed E-state index contributed by atoms with van der Waals surface area (Å²) in [4.78, 5) is 3.39. The molecule has 0 unspecified atom stereocenters. The van der Waals surface area contributed by atoms with Gasteiger partial charge in [0.2, 0.25) is 0 Å². The molecule has 0 radical (unpaired) electrons. The first-order chi connectivity index (χ1) is 8.85. The number of benzene rings is 1. The maximum Gasteiger partial charge on any atom is 0.401 e. The first kappa shape index (κ1) is 14.3. The van der Waals surface area contributed by atoms with Gasteiger partial charge in [-0.2, -0.15) is 13.2 Å². The summed E-state index contributed by atoms with van der Waals surface area (Å²) in [5.74, 6) is 0. The van der Waals surface area contributed by atoms with E-state index in [1.165, 1.54) is 4.90 Å². The molecule has 0 amide bonds. The van der Waals surface area contributed by atoms with E-state index in [1.54, 1.807) is 18.2 Å². The molecule has 19 heavy (non-hydrogen) atoms. The van der Waals surface area contributed by atoms with E-state index in [1.807, 2.05) is 4.90 Å². The Morgan fingerprint density at radius 3 is 2.32 bits per heavy atom. The molecular weight excluding hydrogens is 279 g/mol. The Labute approximate surface area is 114 Å². The zero-order valence-corrected chi connectivity index (χ0v) is 11.0. The molecule has 1 saturated heterocycles. The van der Waals surface area contributed by atoms with Crippen LogP contribution < -0.4 is 10.6 Å². The van der Waals surface area contributed by atoms with Gasteiger partial charge < -0.3 is 10.6 Å². The molecule has 1 aromatic rings. The van der Waals surface area contributed by atoms with Crippen LogP contribution in [0.15, 0.2) is 18.2 Å². The second-order valence-corrected chi connectivity index (χ2v) is 5.00. The molecule has 1 heterocycles. The fourth-order valence-electron chi connectivity index (χ4n) is 2.18. The molecule has 1 aliphatic rings. The van der Waals surface area contributed by atoms with Gasteiger partial charge in [0, 0.05) is 31.9 Å². The van der Waals surface area contributed by atoms with Crippen LogP contribution in [0, 0.1) is 0 Å². The number of piperazine rings is 1. The van der Waals surface area contributed by atoms with Crippen LogP contribution in [0.25, 0.3) is 0 Å². The zero-order chi connectivity index (χ0) is 14.0. The van der Waals surface area contributed by atoms with E-state index in [0.29, 0.717) is 36.9 Å². The van der Waals surface area contributed by atoms with Gasteiger partial charge in [0.1, 0.15) is 0 Å². The van der Waals surface area contributed by atoms with Crippen molar-refractivity contribution in [2.24, 2.45) is 0 Å². The number of anilines is 2. The Balaban J connectivity index is 1.96. The van der Waals surface area contributed by atoms with Crippen molar-refractivity contribution in [3.05, 3.63) is 23.2 Å². The number of nitrogens with two attached hydrogens (primary N) is 1. The lowest BCUT2D eigenvalue weighted by atomic mass is 10.2. The van der Waals surface area contributed by atoms with Gasteiger partial charge in [0.15, 0.2) is 0 Å². The minimum Gasteiger partial charge on any atom is -0.399 e. The number of rotatable bonds is 2. The summed E-state index contributed by atoms with van der Waals surface area (Å²) in [7, 11) is 0. The SMILES string of the molecule is Nc1ccc(N2CCN(CC(F)(F)F)CC2)c(Cl)c1. The molecule has 0 bridgehead atoms. The summed E-state index contributed by atoms with van der Waals surface area (Å²) in [5, 5.41) is 0.532. The third-order valence-corrected chi connectivity index (χ3v) is 3.39. The van der Waals surface area contributed by atoms with E-state index in [4.69, 9.17) is 17.3 Å².